The molecule has 0 aliphatic rings. The Morgan fingerprint density at radius 1 is 1.14 bits per heavy atom. The fourth-order valence-corrected chi connectivity index (χ4v) is 2.27. The molecule has 0 fully saturated rings. The molecular formula is C17H20N2O2. The van der Waals surface area contributed by atoms with Gasteiger partial charge in [-0.3, -0.25) is 9.69 Å². The van der Waals surface area contributed by atoms with Gasteiger partial charge in [0.25, 0.3) is 0 Å². The Kier molecular flexibility index (Phi) is 4.95. The standard InChI is InChI=1S/C17H20N2O2/c1-19(10-13-3-7-17(21-2)8-4-13)11-15-9-16(18)6-5-14(15)12-20/h3-9,12H,10-11,18H2,1-2H3. The van der Waals surface area contributed by atoms with E-state index in [1.54, 1.807) is 19.2 Å². The van der Waals surface area contributed by atoms with Crippen molar-refractivity contribution in [3.05, 3.63) is 59.2 Å². The van der Waals surface area contributed by atoms with Gasteiger partial charge in [-0.25, -0.2) is 0 Å². The van der Waals surface area contributed by atoms with Crippen LogP contribution in [0.25, 0.3) is 0 Å². The molecule has 0 aliphatic heterocycles. The smallest absolute Gasteiger partial charge is 0.150 e. The van der Waals surface area contributed by atoms with E-state index < -0.39 is 0 Å². The second-order valence-corrected chi connectivity index (χ2v) is 5.10. The minimum absolute atomic E-state index is 0.672. The van der Waals surface area contributed by atoms with Crippen molar-refractivity contribution in [3.8, 4) is 5.75 Å². The third-order valence-electron chi connectivity index (χ3n) is 3.35. The zero-order valence-electron chi connectivity index (χ0n) is 12.4. The molecule has 0 heterocycles. The summed E-state index contributed by atoms with van der Waals surface area (Å²) in [4.78, 5) is 13.2. The lowest BCUT2D eigenvalue weighted by Crippen LogP contribution is -2.18. The molecule has 0 saturated carbocycles. The van der Waals surface area contributed by atoms with Crippen LogP contribution in [0.1, 0.15) is 21.5 Å². The number of hydrogen-bond acceptors (Lipinski definition) is 4. The van der Waals surface area contributed by atoms with Gasteiger partial charge in [0.2, 0.25) is 0 Å². The van der Waals surface area contributed by atoms with Gasteiger partial charge in [-0.15, -0.1) is 0 Å². The minimum Gasteiger partial charge on any atom is -0.497 e. The second-order valence-electron chi connectivity index (χ2n) is 5.10. The van der Waals surface area contributed by atoms with Crippen molar-refractivity contribution < 1.29 is 9.53 Å². The molecule has 2 aromatic rings. The highest BCUT2D eigenvalue weighted by Gasteiger charge is 2.07. The number of carbonyl (C=O) groups excluding carboxylic acids is 1. The highest BCUT2D eigenvalue weighted by atomic mass is 16.5. The molecule has 4 heteroatoms. The molecular weight excluding hydrogens is 264 g/mol. The molecule has 0 amide bonds. The Morgan fingerprint density at radius 2 is 1.86 bits per heavy atom. The quantitative estimate of drug-likeness (QED) is 0.654. The van der Waals surface area contributed by atoms with E-state index in [9.17, 15) is 4.79 Å². The van der Waals surface area contributed by atoms with Crippen molar-refractivity contribution in [1.82, 2.24) is 4.90 Å². The van der Waals surface area contributed by atoms with Gasteiger partial charge in [-0.05, 0) is 48.5 Å². The Hall–Kier alpha value is -2.33. The predicted molar refractivity (Wildman–Crippen MR) is 84.4 cm³/mol. The van der Waals surface area contributed by atoms with Crippen LogP contribution in [-0.4, -0.2) is 25.3 Å². The minimum atomic E-state index is 0.672. The van der Waals surface area contributed by atoms with E-state index in [1.807, 2.05) is 37.4 Å². The van der Waals surface area contributed by atoms with Crippen molar-refractivity contribution >= 4 is 12.0 Å². The molecule has 0 saturated heterocycles. The molecule has 21 heavy (non-hydrogen) atoms. The fraction of sp³-hybridized carbons (Fsp3) is 0.235. The van der Waals surface area contributed by atoms with Gasteiger partial charge in [-0.1, -0.05) is 12.1 Å². The highest BCUT2D eigenvalue weighted by Crippen LogP contribution is 2.16. The normalized spacial score (nSPS) is 10.6. The maximum atomic E-state index is 11.1. The molecule has 2 rings (SSSR count). The lowest BCUT2D eigenvalue weighted by molar-refractivity contribution is 0.112. The number of benzene rings is 2. The summed E-state index contributed by atoms with van der Waals surface area (Å²) in [6.07, 6.45) is 0.871. The predicted octanol–water partition coefficient (Wildman–Crippen LogP) is 2.72. The summed E-state index contributed by atoms with van der Waals surface area (Å²) in [5.74, 6) is 0.848. The first-order valence-corrected chi connectivity index (χ1v) is 6.77. The summed E-state index contributed by atoms with van der Waals surface area (Å²) in [6, 6.07) is 13.3. The van der Waals surface area contributed by atoms with Crippen molar-refractivity contribution in [2.75, 3.05) is 19.9 Å². The Morgan fingerprint density at radius 3 is 2.48 bits per heavy atom. The van der Waals surface area contributed by atoms with Gasteiger partial charge in [0.15, 0.2) is 0 Å². The maximum Gasteiger partial charge on any atom is 0.150 e. The first-order valence-electron chi connectivity index (χ1n) is 6.77. The summed E-state index contributed by atoms with van der Waals surface area (Å²) in [5.41, 5.74) is 9.29. The third-order valence-corrected chi connectivity index (χ3v) is 3.35. The highest BCUT2D eigenvalue weighted by molar-refractivity contribution is 5.78. The second kappa shape index (κ2) is 6.90. The van der Waals surface area contributed by atoms with Gasteiger partial charge >= 0.3 is 0 Å². The van der Waals surface area contributed by atoms with Crippen molar-refractivity contribution in [3.63, 3.8) is 0 Å². The van der Waals surface area contributed by atoms with Crippen LogP contribution < -0.4 is 10.5 Å². The summed E-state index contributed by atoms with van der Waals surface area (Å²) >= 11 is 0. The number of nitrogen functional groups attached to an aromatic ring is 1. The number of hydrogen-bond donors (Lipinski definition) is 1. The van der Waals surface area contributed by atoms with Crippen molar-refractivity contribution in [2.24, 2.45) is 0 Å². The summed E-state index contributed by atoms with van der Waals surface area (Å²) in [6.45, 7) is 1.46. The monoisotopic (exact) mass is 284 g/mol. The van der Waals surface area contributed by atoms with Gasteiger partial charge in [-0.2, -0.15) is 0 Å². The van der Waals surface area contributed by atoms with Crippen LogP contribution in [0.4, 0.5) is 5.69 Å². The van der Waals surface area contributed by atoms with Crippen LogP contribution in [0.2, 0.25) is 0 Å². The van der Waals surface area contributed by atoms with Gasteiger partial charge in [0, 0.05) is 24.3 Å². The molecule has 4 nitrogen and oxygen atoms in total. The van der Waals surface area contributed by atoms with Gasteiger partial charge in [0.05, 0.1) is 7.11 Å². The van der Waals surface area contributed by atoms with Crippen LogP contribution >= 0.6 is 0 Å². The Bertz CT molecular complexity index is 609. The SMILES string of the molecule is COc1ccc(CN(C)Cc2cc(N)ccc2C=O)cc1. The van der Waals surface area contributed by atoms with Crippen LogP contribution in [0.5, 0.6) is 5.75 Å². The van der Waals surface area contributed by atoms with Crippen molar-refractivity contribution in [2.45, 2.75) is 13.1 Å². The number of methoxy groups -OCH3 is 1. The van der Waals surface area contributed by atoms with Crippen LogP contribution in [-0.2, 0) is 13.1 Å². The largest absolute Gasteiger partial charge is 0.497 e. The first kappa shape index (κ1) is 15.1. The number of aldehydes is 1. The number of ether oxygens (including phenoxy) is 1. The van der Waals surface area contributed by atoms with E-state index in [1.165, 1.54) is 5.56 Å². The summed E-state index contributed by atoms with van der Waals surface area (Å²) in [7, 11) is 3.67. The molecule has 0 spiro atoms. The molecule has 0 aromatic heterocycles. The van der Waals surface area contributed by atoms with E-state index in [2.05, 4.69) is 4.90 Å². The van der Waals surface area contributed by atoms with E-state index >= 15 is 0 Å². The Labute approximate surface area is 125 Å². The maximum absolute atomic E-state index is 11.1. The van der Waals surface area contributed by atoms with Gasteiger partial charge in [0.1, 0.15) is 12.0 Å². The molecule has 0 radical (unpaired) electrons. The van der Waals surface area contributed by atoms with E-state index in [0.29, 0.717) is 17.8 Å². The molecule has 110 valence electrons. The lowest BCUT2D eigenvalue weighted by Gasteiger charge is -2.18. The number of rotatable bonds is 6. The topological polar surface area (TPSA) is 55.6 Å². The number of nitrogens with two attached hydrogens (primary N) is 1. The Balaban J connectivity index is 2.05. The van der Waals surface area contributed by atoms with E-state index in [-0.39, 0.29) is 0 Å². The zero-order chi connectivity index (χ0) is 15.2. The number of carbonyl (C=O) groups is 1. The molecule has 2 N–H and O–H groups in total. The van der Waals surface area contributed by atoms with Crippen molar-refractivity contribution in [1.29, 1.82) is 0 Å². The average molecular weight is 284 g/mol. The number of nitrogens with zero attached hydrogens (tertiary/aromatic N) is 1. The molecule has 0 unspecified atom stereocenters. The van der Waals surface area contributed by atoms with E-state index in [4.69, 9.17) is 10.5 Å². The van der Waals surface area contributed by atoms with Crippen LogP contribution in [0.3, 0.4) is 0 Å². The molecule has 0 bridgehead atoms. The number of anilines is 1. The van der Waals surface area contributed by atoms with Crippen LogP contribution in [0.15, 0.2) is 42.5 Å². The fourth-order valence-electron chi connectivity index (χ4n) is 2.27. The molecule has 0 atom stereocenters. The van der Waals surface area contributed by atoms with E-state index in [0.717, 1.165) is 24.1 Å². The summed E-state index contributed by atoms with van der Waals surface area (Å²) in [5, 5.41) is 0. The van der Waals surface area contributed by atoms with Crippen LogP contribution in [0, 0.1) is 0 Å². The molecule has 2 aromatic carbocycles. The lowest BCUT2D eigenvalue weighted by atomic mass is 10.1. The first-order chi connectivity index (χ1) is 10.1. The van der Waals surface area contributed by atoms with Gasteiger partial charge < -0.3 is 10.5 Å². The molecule has 0 aliphatic carbocycles. The summed E-state index contributed by atoms with van der Waals surface area (Å²) < 4.78 is 5.15. The zero-order valence-corrected chi connectivity index (χ0v) is 12.4. The average Bonchev–Trinajstić information content (AvgIpc) is 2.48. The third kappa shape index (κ3) is 4.07.